The SMILES string of the molecule is Cc1cc2c(C(C)C)c(O)c(O)c(/C=N/NC(=O)C(C)C)c2c(O)c1-c1c(C)cc2c(C(C)C)c(O)c(O)c(/C=N/NC(=O)C(C)C)c2c1O. The first-order valence-corrected chi connectivity index (χ1v) is 16.5. The van der Waals surface area contributed by atoms with E-state index in [4.69, 9.17) is 0 Å². The molecule has 12 heteroatoms. The number of nitrogens with one attached hydrogen (secondary N) is 2. The maximum absolute atomic E-state index is 12.2. The number of phenols is 6. The summed E-state index contributed by atoms with van der Waals surface area (Å²) in [7, 11) is 0. The van der Waals surface area contributed by atoms with Gasteiger partial charge in [-0.1, -0.05) is 67.5 Å². The molecule has 0 saturated carbocycles. The standard InChI is InChI=1S/C38H46N4O8/c1-15(2)25-21-11-19(9)27(33(45)29(21)23(31(43)35(25)47)13-39-41-37(49)17(5)6)28-20(10)12-22-26(16(3)4)36(48)32(44)24(30(22)34(28)46)14-40-42-38(50)18(7)8/h11-18,43-48H,1-10H3,(H,41,49)(H,42,50)/b39-13+,40-14+. The molecule has 0 aromatic heterocycles. The minimum Gasteiger partial charge on any atom is -0.507 e. The molecule has 0 bridgehead atoms. The predicted molar refractivity (Wildman–Crippen MR) is 196 cm³/mol. The van der Waals surface area contributed by atoms with Crippen LogP contribution in [-0.4, -0.2) is 54.9 Å². The second-order valence-electron chi connectivity index (χ2n) is 13.8. The van der Waals surface area contributed by atoms with E-state index in [2.05, 4.69) is 21.1 Å². The van der Waals surface area contributed by atoms with Crippen LogP contribution in [0, 0.1) is 25.7 Å². The number of hydrogen-bond acceptors (Lipinski definition) is 10. The largest absolute Gasteiger partial charge is 0.507 e. The van der Waals surface area contributed by atoms with Gasteiger partial charge in [0.25, 0.3) is 0 Å². The average Bonchev–Trinajstić information content (AvgIpc) is 3.01. The molecule has 0 fully saturated rings. The minimum absolute atomic E-state index is 0.0685. The summed E-state index contributed by atoms with van der Waals surface area (Å²) in [6.45, 7) is 17.5. The molecule has 50 heavy (non-hydrogen) atoms. The molecule has 0 unspecified atom stereocenters. The van der Waals surface area contributed by atoms with Gasteiger partial charge in [0.05, 0.1) is 23.6 Å². The van der Waals surface area contributed by atoms with E-state index < -0.39 is 23.0 Å². The van der Waals surface area contributed by atoms with Crippen molar-refractivity contribution in [3.63, 3.8) is 0 Å². The fourth-order valence-corrected chi connectivity index (χ4v) is 6.20. The Morgan fingerprint density at radius 3 is 1.16 bits per heavy atom. The first kappa shape index (κ1) is 37.3. The van der Waals surface area contributed by atoms with Crippen molar-refractivity contribution in [2.45, 2.75) is 81.1 Å². The number of carbonyl (C=O) groups excluding carboxylic acids is 2. The van der Waals surface area contributed by atoms with Crippen LogP contribution >= 0.6 is 0 Å². The summed E-state index contributed by atoms with van der Waals surface area (Å²) in [6, 6.07) is 3.45. The van der Waals surface area contributed by atoms with Crippen LogP contribution in [0.2, 0.25) is 0 Å². The lowest BCUT2D eigenvalue weighted by Crippen LogP contribution is -2.22. The zero-order valence-electron chi connectivity index (χ0n) is 30.0. The number of phenolic OH excluding ortho intramolecular Hbond substituents is 6. The second kappa shape index (κ2) is 14.1. The Morgan fingerprint density at radius 1 is 0.560 bits per heavy atom. The van der Waals surface area contributed by atoms with Crippen molar-refractivity contribution in [3.8, 4) is 45.6 Å². The summed E-state index contributed by atoms with van der Waals surface area (Å²) in [5, 5.41) is 78.0. The van der Waals surface area contributed by atoms with Gasteiger partial charge in [0, 0.05) is 44.9 Å². The molecule has 8 N–H and O–H groups in total. The molecule has 4 aromatic carbocycles. The second-order valence-corrected chi connectivity index (χ2v) is 13.8. The predicted octanol–water partition coefficient (Wildman–Crippen LogP) is 6.97. The molecule has 0 spiro atoms. The number of aryl methyl sites for hydroxylation is 2. The van der Waals surface area contributed by atoms with E-state index in [1.807, 2.05) is 27.7 Å². The highest BCUT2D eigenvalue weighted by Gasteiger charge is 2.29. The van der Waals surface area contributed by atoms with Gasteiger partial charge < -0.3 is 30.6 Å². The van der Waals surface area contributed by atoms with Crippen molar-refractivity contribution in [2.75, 3.05) is 0 Å². The molecule has 0 aliphatic rings. The Hall–Kier alpha value is -5.52. The van der Waals surface area contributed by atoms with Gasteiger partial charge in [-0.05, 0) is 47.6 Å². The summed E-state index contributed by atoms with van der Waals surface area (Å²) >= 11 is 0. The van der Waals surface area contributed by atoms with Crippen molar-refractivity contribution in [2.24, 2.45) is 22.0 Å². The smallest absolute Gasteiger partial charge is 0.242 e. The average molecular weight is 687 g/mol. The number of fused-ring (bicyclic) bond motifs is 2. The molecule has 0 heterocycles. The van der Waals surface area contributed by atoms with E-state index in [0.29, 0.717) is 33.0 Å². The molecule has 0 atom stereocenters. The number of hydrogen-bond donors (Lipinski definition) is 8. The molecule has 0 radical (unpaired) electrons. The lowest BCUT2D eigenvalue weighted by Gasteiger charge is -2.23. The third-order valence-electron chi connectivity index (χ3n) is 8.77. The topological polar surface area (TPSA) is 204 Å². The quantitative estimate of drug-likeness (QED) is 0.0523. The number of amides is 2. The number of nitrogens with zero attached hydrogens (tertiary/aromatic N) is 2. The molecule has 0 saturated heterocycles. The zero-order valence-corrected chi connectivity index (χ0v) is 30.0. The van der Waals surface area contributed by atoms with E-state index in [9.17, 15) is 40.2 Å². The Bertz CT molecular complexity index is 1950. The highest BCUT2D eigenvalue weighted by molar-refractivity contribution is 6.15. The van der Waals surface area contributed by atoms with Crippen molar-refractivity contribution < 1.29 is 40.2 Å². The van der Waals surface area contributed by atoms with Crippen molar-refractivity contribution in [1.29, 1.82) is 0 Å². The molecule has 2 amide bonds. The first-order valence-electron chi connectivity index (χ1n) is 16.5. The van der Waals surface area contributed by atoms with Crippen molar-refractivity contribution in [1.82, 2.24) is 10.9 Å². The molecule has 266 valence electrons. The lowest BCUT2D eigenvalue weighted by molar-refractivity contribution is -0.124. The number of rotatable bonds is 9. The van der Waals surface area contributed by atoms with Crippen molar-refractivity contribution >= 4 is 45.8 Å². The monoisotopic (exact) mass is 686 g/mol. The maximum Gasteiger partial charge on any atom is 0.242 e. The van der Waals surface area contributed by atoms with Gasteiger partial charge in [-0.3, -0.25) is 9.59 Å². The normalized spacial score (nSPS) is 12.2. The van der Waals surface area contributed by atoms with E-state index in [1.54, 1.807) is 53.7 Å². The fourth-order valence-electron chi connectivity index (χ4n) is 6.20. The molecule has 4 rings (SSSR count). The fraction of sp³-hybridized carbons (Fsp3) is 0.368. The summed E-state index contributed by atoms with van der Waals surface area (Å²) in [5.74, 6) is -4.73. The minimum atomic E-state index is -0.558. The molecule has 0 aliphatic carbocycles. The van der Waals surface area contributed by atoms with Crippen molar-refractivity contribution in [3.05, 3.63) is 45.5 Å². The summed E-state index contributed by atoms with van der Waals surface area (Å²) in [5.41, 5.74) is 6.75. The van der Waals surface area contributed by atoms with Gasteiger partial charge in [-0.25, -0.2) is 10.9 Å². The summed E-state index contributed by atoms with van der Waals surface area (Å²) < 4.78 is 0. The molecule has 0 aliphatic heterocycles. The van der Waals surface area contributed by atoms with Crippen LogP contribution in [0.1, 0.15) is 101 Å². The first-order chi connectivity index (χ1) is 23.3. The van der Waals surface area contributed by atoms with Crippen LogP contribution in [0.15, 0.2) is 22.3 Å². The molecule has 12 nitrogen and oxygen atoms in total. The van der Waals surface area contributed by atoms with Gasteiger partial charge in [-0.15, -0.1) is 0 Å². The van der Waals surface area contributed by atoms with E-state index in [1.165, 1.54) is 0 Å². The molecular formula is C38H46N4O8. The van der Waals surface area contributed by atoms with Crippen LogP contribution in [0.25, 0.3) is 32.7 Å². The number of carbonyl (C=O) groups is 2. The van der Waals surface area contributed by atoms with Crippen LogP contribution in [0.3, 0.4) is 0 Å². The lowest BCUT2D eigenvalue weighted by atomic mass is 9.83. The van der Waals surface area contributed by atoms with Gasteiger partial charge in [-0.2, -0.15) is 10.2 Å². The molecular weight excluding hydrogens is 640 g/mol. The van der Waals surface area contributed by atoms with Gasteiger partial charge in [0.1, 0.15) is 11.5 Å². The summed E-state index contributed by atoms with van der Waals surface area (Å²) in [4.78, 5) is 24.4. The van der Waals surface area contributed by atoms with Gasteiger partial charge in [0.2, 0.25) is 11.8 Å². The third kappa shape index (κ3) is 6.45. The van der Waals surface area contributed by atoms with E-state index in [-0.39, 0.29) is 80.0 Å². The number of aromatic hydroxyl groups is 6. The summed E-state index contributed by atoms with van der Waals surface area (Å²) in [6.07, 6.45) is 2.28. The van der Waals surface area contributed by atoms with Crippen LogP contribution in [0.5, 0.6) is 34.5 Å². The maximum atomic E-state index is 12.2. The Kier molecular flexibility index (Phi) is 10.6. The third-order valence-corrected chi connectivity index (χ3v) is 8.77. The van der Waals surface area contributed by atoms with E-state index >= 15 is 0 Å². The zero-order chi connectivity index (χ0) is 37.5. The highest BCUT2D eigenvalue weighted by Crippen LogP contribution is 2.54. The van der Waals surface area contributed by atoms with Crippen LogP contribution < -0.4 is 10.9 Å². The number of hydrazone groups is 2. The Labute approximate surface area is 290 Å². The highest BCUT2D eigenvalue weighted by atomic mass is 16.3. The molecule has 4 aromatic rings. The Balaban J connectivity index is 2.17. The van der Waals surface area contributed by atoms with Gasteiger partial charge >= 0.3 is 0 Å². The Morgan fingerprint density at radius 2 is 0.880 bits per heavy atom. The van der Waals surface area contributed by atoms with E-state index in [0.717, 1.165) is 12.4 Å². The number of benzene rings is 4. The van der Waals surface area contributed by atoms with Crippen LogP contribution in [0.4, 0.5) is 0 Å². The van der Waals surface area contributed by atoms with Gasteiger partial charge in [0.15, 0.2) is 23.0 Å². The van der Waals surface area contributed by atoms with Crippen LogP contribution in [-0.2, 0) is 9.59 Å².